The van der Waals surface area contributed by atoms with Crippen LogP contribution < -0.4 is 11.1 Å². The van der Waals surface area contributed by atoms with Gasteiger partial charge in [-0.1, -0.05) is 53.0 Å². The Morgan fingerprint density at radius 2 is 1.59 bits per heavy atom. The second-order valence-electron chi connectivity index (χ2n) is 6.74. The molecule has 3 N–H and O–H groups in total. The van der Waals surface area contributed by atoms with E-state index < -0.39 is 41.5 Å². The fraction of sp³-hybridized carbons (Fsp3) is 0.250. The summed E-state index contributed by atoms with van der Waals surface area (Å²) < 4.78 is 81.2. The lowest BCUT2D eigenvalue weighted by Crippen LogP contribution is -2.39. The summed E-state index contributed by atoms with van der Waals surface area (Å²) in [6, 6.07) is 4.46. The topological polar surface area (TPSA) is 55.1 Å². The summed E-state index contributed by atoms with van der Waals surface area (Å²) in [4.78, 5) is 12.0. The van der Waals surface area contributed by atoms with Crippen LogP contribution in [-0.4, -0.2) is 18.2 Å². The number of benzene rings is 2. The second-order valence-corrected chi connectivity index (χ2v) is 7.93. The standard InChI is InChI=1S/C20H15Cl3F6N2O/c1-9(30)31-18(32)12-4-2-10(6-14(12)20(27,28)29)3-5-13(19(24,25)26)11-7-15(21)17(23)16(22)8-11/h2-9,13H,30H2,1H3,(H,31,32)/t9-,13?/m1/s1. The molecular weight excluding hydrogens is 505 g/mol. The average Bonchev–Trinajstić information content (AvgIpc) is 2.63. The molecule has 2 aromatic rings. The number of nitrogens with two attached hydrogens (primary N) is 1. The van der Waals surface area contributed by atoms with Crippen molar-refractivity contribution in [3.8, 4) is 0 Å². The van der Waals surface area contributed by atoms with Crippen molar-refractivity contribution in [2.45, 2.75) is 31.4 Å². The van der Waals surface area contributed by atoms with Gasteiger partial charge in [0.05, 0.1) is 38.3 Å². The molecule has 0 fully saturated rings. The predicted octanol–water partition coefficient (Wildman–Crippen LogP) is 7.06. The van der Waals surface area contributed by atoms with Gasteiger partial charge < -0.3 is 11.1 Å². The summed E-state index contributed by atoms with van der Waals surface area (Å²) in [7, 11) is 0. The zero-order chi connectivity index (χ0) is 24.4. The van der Waals surface area contributed by atoms with E-state index in [2.05, 4.69) is 5.32 Å². The molecule has 32 heavy (non-hydrogen) atoms. The molecule has 0 aliphatic carbocycles. The first kappa shape index (κ1) is 26.3. The number of carbonyl (C=O) groups excluding carboxylic acids is 1. The number of allylic oxidation sites excluding steroid dienone is 1. The maximum Gasteiger partial charge on any atom is 0.417 e. The Morgan fingerprint density at radius 3 is 2.06 bits per heavy atom. The smallest absolute Gasteiger partial charge is 0.337 e. The molecule has 0 heterocycles. The molecule has 0 spiro atoms. The van der Waals surface area contributed by atoms with Crippen LogP contribution in [0.25, 0.3) is 6.08 Å². The van der Waals surface area contributed by atoms with E-state index in [1.165, 1.54) is 6.92 Å². The van der Waals surface area contributed by atoms with Crippen molar-refractivity contribution >= 4 is 46.8 Å². The molecular formula is C20H15Cl3F6N2O. The van der Waals surface area contributed by atoms with Gasteiger partial charge >= 0.3 is 12.4 Å². The van der Waals surface area contributed by atoms with Crippen LogP contribution in [0.2, 0.25) is 15.1 Å². The van der Waals surface area contributed by atoms with Gasteiger partial charge in [-0.25, -0.2) is 0 Å². The summed E-state index contributed by atoms with van der Waals surface area (Å²) >= 11 is 17.4. The molecule has 0 saturated carbocycles. The van der Waals surface area contributed by atoms with Crippen molar-refractivity contribution in [2.75, 3.05) is 0 Å². The number of alkyl halides is 6. The molecule has 2 rings (SSSR count). The normalized spacial score (nSPS) is 14.5. The molecule has 0 aliphatic rings. The first-order valence-electron chi connectivity index (χ1n) is 8.78. The highest BCUT2D eigenvalue weighted by Gasteiger charge is 2.40. The highest BCUT2D eigenvalue weighted by Crippen LogP contribution is 2.41. The molecule has 2 aromatic carbocycles. The van der Waals surface area contributed by atoms with Gasteiger partial charge in [-0.05, 0) is 42.3 Å². The minimum absolute atomic E-state index is 0.127. The monoisotopic (exact) mass is 518 g/mol. The molecule has 1 amide bonds. The minimum atomic E-state index is -4.94. The predicted molar refractivity (Wildman–Crippen MR) is 112 cm³/mol. The zero-order valence-corrected chi connectivity index (χ0v) is 18.4. The van der Waals surface area contributed by atoms with Crippen molar-refractivity contribution in [3.63, 3.8) is 0 Å². The Bertz CT molecular complexity index is 1010. The first-order chi connectivity index (χ1) is 14.6. The highest BCUT2D eigenvalue weighted by atomic mass is 35.5. The summed E-state index contributed by atoms with van der Waals surface area (Å²) in [5.41, 5.74) is 2.77. The van der Waals surface area contributed by atoms with Crippen LogP contribution in [0, 0.1) is 0 Å². The Hall–Kier alpha value is -1.94. The lowest BCUT2D eigenvalue weighted by atomic mass is 9.96. The Kier molecular flexibility index (Phi) is 8.15. The van der Waals surface area contributed by atoms with E-state index in [0.717, 1.165) is 30.3 Å². The van der Waals surface area contributed by atoms with E-state index in [-0.39, 0.29) is 26.2 Å². The van der Waals surface area contributed by atoms with Crippen LogP contribution in [0.3, 0.4) is 0 Å². The zero-order valence-electron chi connectivity index (χ0n) is 16.1. The highest BCUT2D eigenvalue weighted by molar-refractivity contribution is 6.48. The Labute approximate surface area is 194 Å². The lowest BCUT2D eigenvalue weighted by molar-refractivity contribution is -0.139. The van der Waals surface area contributed by atoms with E-state index in [0.29, 0.717) is 12.1 Å². The third kappa shape index (κ3) is 6.54. The number of halogens is 9. The SMILES string of the molecule is C[C@H](N)NC(=O)c1ccc(C=CC(c2cc(Cl)c(Cl)c(Cl)c2)C(F)(F)F)cc1C(F)(F)F. The van der Waals surface area contributed by atoms with Crippen LogP contribution in [-0.2, 0) is 6.18 Å². The van der Waals surface area contributed by atoms with Gasteiger partial charge in [-0.2, -0.15) is 26.3 Å². The van der Waals surface area contributed by atoms with Gasteiger partial charge in [0, 0.05) is 0 Å². The van der Waals surface area contributed by atoms with Crippen LogP contribution in [0.4, 0.5) is 26.3 Å². The van der Waals surface area contributed by atoms with E-state index in [4.69, 9.17) is 40.5 Å². The number of carbonyl (C=O) groups is 1. The summed E-state index contributed by atoms with van der Waals surface area (Å²) in [5, 5.41) is 1.59. The molecule has 0 radical (unpaired) electrons. The molecule has 0 aromatic heterocycles. The van der Waals surface area contributed by atoms with Crippen LogP contribution >= 0.6 is 34.8 Å². The molecule has 12 heteroatoms. The molecule has 0 saturated heterocycles. The van der Waals surface area contributed by atoms with Crippen molar-refractivity contribution in [1.82, 2.24) is 5.32 Å². The van der Waals surface area contributed by atoms with Crippen molar-refractivity contribution in [2.24, 2.45) is 5.73 Å². The van der Waals surface area contributed by atoms with Crippen molar-refractivity contribution in [3.05, 3.63) is 73.7 Å². The van der Waals surface area contributed by atoms with Gasteiger partial charge in [-0.3, -0.25) is 4.79 Å². The number of hydrogen-bond donors (Lipinski definition) is 2. The van der Waals surface area contributed by atoms with E-state index >= 15 is 0 Å². The number of amides is 1. The van der Waals surface area contributed by atoms with Gasteiger partial charge in [0.25, 0.3) is 5.91 Å². The second kappa shape index (κ2) is 9.91. The third-order valence-electron chi connectivity index (χ3n) is 4.15. The number of nitrogens with one attached hydrogen (secondary N) is 1. The quantitative estimate of drug-likeness (QED) is 0.252. The summed E-state index contributed by atoms with van der Waals surface area (Å²) in [6.07, 6.45) is -9.13. The fourth-order valence-electron chi connectivity index (χ4n) is 2.75. The fourth-order valence-corrected chi connectivity index (χ4v) is 3.37. The molecule has 174 valence electrons. The van der Waals surface area contributed by atoms with Gasteiger partial charge in [0.2, 0.25) is 0 Å². The average molecular weight is 520 g/mol. The Balaban J connectivity index is 2.50. The summed E-state index contributed by atoms with van der Waals surface area (Å²) in [6.45, 7) is 1.36. The maximum atomic E-state index is 13.6. The summed E-state index contributed by atoms with van der Waals surface area (Å²) in [5.74, 6) is -3.30. The van der Waals surface area contributed by atoms with E-state index in [1.54, 1.807) is 0 Å². The van der Waals surface area contributed by atoms with Crippen molar-refractivity contribution in [1.29, 1.82) is 0 Å². The van der Waals surface area contributed by atoms with Crippen LogP contribution in [0.5, 0.6) is 0 Å². The number of hydrogen-bond acceptors (Lipinski definition) is 2. The largest absolute Gasteiger partial charge is 0.417 e. The molecule has 3 nitrogen and oxygen atoms in total. The number of rotatable bonds is 5. The molecule has 0 aliphatic heterocycles. The van der Waals surface area contributed by atoms with Gasteiger partial charge in [0.1, 0.15) is 0 Å². The van der Waals surface area contributed by atoms with Crippen LogP contribution in [0.15, 0.2) is 36.4 Å². The maximum absolute atomic E-state index is 13.6. The Morgan fingerprint density at radius 1 is 1.03 bits per heavy atom. The molecule has 2 atom stereocenters. The minimum Gasteiger partial charge on any atom is -0.337 e. The van der Waals surface area contributed by atoms with E-state index in [9.17, 15) is 31.1 Å². The van der Waals surface area contributed by atoms with E-state index in [1.807, 2.05) is 0 Å². The van der Waals surface area contributed by atoms with Crippen LogP contribution in [0.1, 0.15) is 39.9 Å². The van der Waals surface area contributed by atoms with Crippen molar-refractivity contribution < 1.29 is 31.1 Å². The van der Waals surface area contributed by atoms with Gasteiger partial charge in [-0.15, -0.1) is 0 Å². The van der Waals surface area contributed by atoms with Gasteiger partial charge in [0.15, 0.2) is 0 Å². The molecule has 1 unspecified atom stereocenters. The third-order valence-corrected chi connectivity index (χ3v) is 5.35. The lowest BCUT2D eigenvalue weighted by Gasteiger charge is -2.19. The first-order valence-corrected chi connectivity index (χ1v) is 9.91. The molecule has 0 bridgehead atoms.